The van der Waals surface area contributed by atoms with E-state index < -0.39 is 24.0 Å². The van der Waals surface area contributed by atoms with Crippen molar-refractivity contribution < 1.29 is 19.8 Å². The van der Waals surface area contributed by atoms with Crippen molar-refractivity contribution in [2.24, 2.45) is 22.9 Å². The molecule has 0 radical (unpaired) electrons. The van der Waals surface area contributed by atoms with Crippen molar-refractivity contribution in [1.82, 2.24) is 0 Å². The van der Waals surface area contributed by atoms with Gasteiger partial charge in [0.2, 0.25) is 0 Å². The first-order chi connectivity index (χ1) is 8.36. The molecule has 0 aromatic heterocycles. The minimum atomic E-state index is -0.955. The summed E-state index contributed by atoms with van der Waals surface area (Å²) in [5, 5.41) is 16.5. The van der Waals surface area contributed by atoms with Crippen LogP contribution in [0.3, 0.4) is 0 Å². The van der Waals surface area contributed by atoms with Crippen LogP contribution in [0.25, 0.3) is 0 Å². The molecule has 0 spiro atoms. The van der Waals surface area contributed by atoms with Crippen LogP contribution < -0.4 is 22.9 Å². The maximum absolute atomic E-state index is 10.0. The molecule has 0 aromatic rings. The summed E-state index contributed by atoms with van der Waals surface area (Å²) in [4.78, 5) is 20.1. The molecule has 0 fully saturated rings. The number of hydrogen-bond donors (Lipinski definition) is 6. The fourth-order valence-corrected chi connectivity index (χ4v) is 0.922. The molecular formula is C10H24N4O4. The molecule has 0 saturated carbocycles. The largest absolute Gasteiger partial charge is 0.480 e. The van der Waals surface area contributed by atoms with E-state index in [9.17, 15) is 9.59 Å². The topological polar surface area (TPSA) is 179 Å². The zero-order chi connectivity index (χ0) is 14.6. The third-order valence-electron chi connectivity index (χ3n) is 2.07. The molecule has 0 bridgehead atoms. The van der Waals surface area contributed by atoms with Crippen LogP contribution in [0.5, 0.6) is 0 Å². The Morgan fingerprint density at radius 2 is 1.11 bits per heavy atom. The van der Waals surface area contributed by atoms with E-state index >= 15 is 0 Å². The molecule has 0 aliphatic carbocycles. The molecule has 8 heteroatoms. The van der Waals surface area contributed by atoms with Crippen LogP contribution in [-0.2, 0) is 9.59 Å². The predicted octanol–water partition coefficient (Wildman–Crippen LogP) is -1.73. The second kappa shape index (κ2) is 12.2. The Morgan fingerprint density at radius 1 is 0.833 bits per heavy atom. The molecule has 0 aliphatic heterocycles. The van der Waals surface area contributed by atoms with Crippen molar-refractivity contribution in [2.75, 3.05) is 13.1 Å². The molecule has 10 N–H and O–H groups in total. The van der Waals surface area contributed by atoms with E-state index in [4.69, 9.17) is 33.1 Å². The van der Waals surface area contributed by atoms with Gasteiger partial charge in [-0.05, 0) is 38.8 Å². The SMILES string of the molecule is NCCC[C@@H](N)C(=O)O.NCCC[C@H](N)C(=O)O. The van der Waals surface area contributed by atoms with Gasteiger partial charge in [-0.25, -0.2) is 0 Å². The highest BCUT2D eigenvalue weighted by atomic mass is 16.4. The average molecular weight is 264 g/mol. The summed E-state index contributed by atoms with van der Waals surface area (Å²) in [6.07, 6.45) is 2.28. The molecule has 0 saturated heterocycles. The predicted molar refractivity (Wildman–Crippen MR) is 67.8 cm³/mol. The van der Waals surface area contributed by atoms with E-state index in [1.165, 1.54) is 0 Å². The summed E-state index contributed by atoms with van der Waals surface area (Å²) in [7, 11) is 0. The summed E-state index contributed by atoms with van der Waals surface area (Å²) in [5.74, 6) is -1.91. The fourth-order valence-electron chi connectivity index (χ4n) is 0.922. The lowest BCUT2D eigenvalue weighted by molar-refractivity contribution is -0.139. The highest BCUT2D eigenvalue weighted by Crippen LogP contribution is 1.91. The van der Waals surface area contributed by atoms with Gasteiger partial charge in [0.1, 0.15) is 12.1 Å². The summed E-state index contributed by atoms with van der Waals surface area (Å²) < 4.78 is 0. The van der Waals surface area contributed by atoms with Gasteiger partial charge in [-0.15, -0.1) is 0 Å². The fraction of sp³-hybridized carbons (Fsp3) is 0.800. The summed E-state index contributed by atoms with van der Waals surface area (Å²) in [5.41, 5.74) is 20.6. The van der Waals surface area contributed by atoms with Crippen LogP contribution in [0, 0.1) is 0 Å². The van der Waals surface area contributed by atoms with E-state index in [0.29, 0.717) is 38.8 Å². The summed E-state index contributed by atoms with van der Waals surface area (Å²) >= 11 is 0. The van der Waals surface area contributed by atoms with E-state index in [2.05, 4.69) is 0 Å². The van der Waals surface area contributed by atoms with E-state index in [0.717, 1.165) is 0 Å². The molecule has 8 nitrogen and oxygen atoms in total. The highest BCUT2D eigenvalue weighted by molar-refractivity contribution is 5.73. The maximum Gasteiger partial charge on any atom is 0.320 e. The molecule has 0 aliphatic rings. The number of carboxylic acids is 2. The Labute approximate surface area is 106 Å². The van der Waals surface area contributed by atoms with E-state index in [1.807, 2.05) is 0 Å². The van der Waals surface area contributed by atoms with Crippen LogP contribution in [0.2, 0.25) is 0 Å². The Balaban J connectivity index is 0. The van der Waals surface area contributed by atoms with Crippen LogP contribution in [0.1, 0.15) is 25.7 Å². The minimum absolute atomic E-state index is 0.464. The molecule has 18 heavy (non-hydrogen) atoms. The average Bonchev–Trinajstić information content (AvgIpc) is 2.33. The zero-order valence-electron chi connectivity index (χ0n) is 10.4. The van der Waals surface area contributed by atoms with Gasteiger partial charge in [0.25, 0.3) is 0 Å². The Kier molecular flexibility index (Phi) is 13.0. The van der Waals surface area contributed by atoms with E-state index in [1.54, 1.807) is 0 Å². The van der Waals surface area contributed by atoms with Gasteiger partial charge in [0, 0.05) is 0 Å². The van der Waals surface area contributed by atoms with Crippen LogP contribution in [-0.4, -0.2) is 47.3 Å². The summed E-state index contributed by atoms with van der Waals surface area (Å²) in [6.45, 7) is 1.00. The second-order valence-electron chi connectivity index (χ2n) is 3.75. The number of carboxylic acid groups (broad SMARTS) is 2. The third-order valence-corrected chi connectivity index (χ3v) is 2.07. The van der Waals surface area contributed by atoms with Gasteiger partial charge in [-0.3, -0.25) is 9.59 Å². The molecule has 0 rings (SSSR count). The number of aliphatic carboxylic acids is 2. The monoisotopic (exact) mass is 264 g/mol. The molecule has 0 heterocycles. The molecule has 0 amide bonds. The molecule has 0 aromatic carbocycles. The first kappa shape index (κ1) is 19.1. The van der Waals surface area contributed by atoms with Crippen LogP contribution in [0.15, 0.2) is 0 Å². The quantitative estimate of drug-likeness (QED) is 0.299. The molecular weight excluding hydrogens is 240 g/mol. The number of rotatable bonds is 8. The third kappa shape index (κ3) is 12.8. The zero-order valence-corrected chi connectivity index (χ0v) is 10.4. The summed E-state index contributed by atoms with van der Waals surface area (Å²) in [6, 6.07) is -1.48. The van der Waals surface area contributed by atoms with Crippen molar-refractivity contribution in [3.05, 3.63) is 0 Å². The van der Waals surface area contributed by atoms with Gasteiger partial charge in [-0.1, -0.05) is 0 Å². The minimum Gasteiger partial charge on any atom is -0.480 e. The van der Waals surface area contributed by atoms with Gasteiger partial charge in [0.15, 0.2) is 0 Å². The van der Waals surface area contributed by atoms with Crippen molar-refractivity contribution in [2.45, 2.75) is 37.8 Å². The van der Waals surface area contributed by atoms with E-state index in [-0.39, 0.29) is 0 Å². The van der Waals surface area contributed by atoms with Crippen LogP contribution >= 0.6 is 0 Å². The first-order valence-electron chi connectivity index (χ1n) is 5.73. The van der Waals surface area contributed by atoms with Gasteiger partial charge >= 0.3 is 11.9 Å². The molecule has 108 valence electrons. The van der Waals surface area contributed by atoms with Crippen molar-refractivity contribution >= 4 is 11.9 Å². The van der Waals surface area contributed by atoms with Gasteiger partial charge in [-0.2, -0.15) is 0 Å². The first-order valence-corrected chi connectivity index (χ1v) is 5.73. The van der Waals surface area contributed by atoms with Gasteiger partial charge < -0.3 is 33.1 Å². The lowest BCUT2D eigenvalue weighted by Gasteiger charge is -2.02. The number of hydrogen-bond acceptors (Lipinski definition) is 6. The van der Waals surface area contributed by atoms with Crippen molar-refractivity contribution in [3.63, 3.8) is 0 Å². The maximum atomic E-state index is 10.0. The van der Waals surface area contributed by atoms with Gasteiger partial charge in [0.05, 0.1) is 0 Å². The number of nitrogens with two attached hydrogens (primary N) is 4. The standard InChI is InChI=1S/2C5H12N2O2/c2*6-3-1-2-4(7)5(8)9/h2*4H,1-3,6-7H2,(H,8,9)/t2*4-/m10/s1. The Bertz CT molecular complexity index is 214. The molecule has 0 unspecified atom stereocenters. The smallest absolute Gasteiger partial charge is 0.320 e. The second-order valence-corrected chi connectivity index (χ2v) is 3.75. The lowest BCUT2D eigenvalue weighted by atomic mass is 10.2. The number of carbonyl (C=O) groups is 2. The lowest BCUT2D eigenvalue weighted by Crippen LogP contribution is -2.30. The molecule has 2 atom stereocenters. The Hall–Kier alpha value is -1.22. The normalized spacial score (nSPS) is 13.1. The van der Waals surface area contributed by atoms with Crippen molar-refractivity contribution in [3.8, 4) is 0 Å². The highest BCUT2D eigenvalue weighted by Gasteiger charge is 2.09. The van der Waals surface area contributed by atoms with Crippen LogP contribution in [0.4, 0.5) is 0 Å². The van der Waals surface area contributed by atoms with Crippen molar-refractivity contribution in [1.29, 1.82) is 0 Å². The Morgan fingerprint density at radius 3 is 1.28 bits per heavy atom.